The molecule has 1 saturated heterocycles. The van der Waals surface area contributed by atoms with Crippen LogP contribution in [0.2, 0.25) is 0 Å². The van der Waals surface area contributed by atoms with Gasteiger partial charge >= 0.3 is 0 Å². The van der Waals surface area contributed by atoms with Crippen LogP contribution in [0.15, 0.2) is 18.2 Å². The van der Waals surface area contributed by atoms with Crippen LogP contribution in [0.1, 0.15) is 41.9 Å². The van der Waals surface area contributed by atoms with Crippen molar-refractivity contribution in [2.75, 3.05) is 12.3 Å². The van der Waals surface area contributed by atoms with Gasteiger partial charge in [0.15, 0.2) is 0 Å². The lowest BCUT2D eigenvalue weighted by molar-refractivity contribution is 0.0658. The fourth-order valence-corrected chi connectivity index (χ4v) is 4.18. The third kappa shape index (κ3) is 1.90. The Hall–Kier alpha value is -1.55. The maximum absolute atomic E-state index is 12.8. The lowest BCUT2D eigenvalue weighted by atomic mass is 10.0. The fourth-order valence-electron chi connectivity index (χ4n) is 3.04. The van der Waals surface area contributed by atoms with Crippen LogP contribution in [0.5, 0.6) is 0 Å². The van der Waals surface area contributed by atoms with Crippen LogP contribution in [0, 0.1) is 6.92 Å². The Morgan fingerprint density at radius 2 is 2.15 bits per heavy atom. The van der Waals surface area contributed by atoms with Gasteiger partial charge in [0.05, 0.1) is 5.69 Å². The Labute approximate surface area is 123 Å². The van der Waals surface area contributed by atoms with Crippen LogP contribution in [0.4, 0.5) is 5.69 Å². The Bertz CT molecular complexity index is 687. The minimum absolute atomic E-state index is 0.0608. The number of amides is 1. The predicted octanol–water partition coefficient (Wildman–Crippen LogP) is 3.81. The largest absolute Gasteiger partial charge is 0.397 e. The summed E-state index contributed by atoms with van der Waals surface area (Å²) in [5.41, 5.74) is 7.99. The van der Waals surface area contributed by atoms with Crippen LogP contribution in [-0.2, 0) is 0 Å². The van der Waals surface area contributed by atoms with Gasteiger partial charge in [0.2, 0.25) is 0 Å². The first-order valence-electron chi connectivity index (χ1n) is 7.01. The summed E-state index contributed by atoms with van der Waals surface area (Å²) in [6.07, 6.45) is 2.13. The van der Waals surface area contributed by atoms with Crippen molar-refractivity contribution < 1.29 is 4.79 Å². The second-order valence-corrected chi connectivity index (χ2v) is 7.19. The lowest BCUT2D eigenvalue weighted by Gasteiger charge is -2.31. The SMILES string of the molecule is Cc1cccc2c(N)c(C(=O)N3CCCC3(C)C)sc12. The van der Waals surface area contributed by atoms with Gasteiger partial charge in [-0.3, -0.25) is 4.79 Å². The number of nitrogens with two attached hydrogens (primary N) is 1. The van der Waals surface area contributed by atoms with Crippen molar-refractivity contribution in [2.24, 2.45) is 0 Å². The minimum atomic E-state index is -0.0608. The molecule has 0 atom stereocenters. The third-order valence-electron chi connectivity index (χ3n) is 4.29. The summed E-state index contributed by atoms with van der Waals surface area (Å²) in [7, 11) is 0. The molecule has 0 aliphatic carbocycles. The number of rotatable bonds is 1. The number of hydrogen-bond acceptors (Lipinski definition) is 3. The normalized spacial score (nSPS) is 17.9. The molecule has 1 aliphatic heterocycles. The lowest BCUT2D eigenvalue weighted by Crippen LogP contribution is -2.42. The van der Waals surface area contributed by atoms with Crippen LogP contribution >= 0.6 is 11.3 Å². The standard InChI is InChI=1S/C16H20N2OS/c1-10-6-4-7-11-12(17)14(20-13(10)11)15(19)18-9-5-8-16(18,2)3/h4,6-7H,5,8-9,17H2,1-3H3. The molecule has 1 amide bonds. The number of nitrogens with zero attached hydrogens (tertiary/aromatic N) is 1. The molecule has 4 heteroatoms. The number of likely N-dealkylation sites (tertiary alicyclic amines) is 1. The highest BCUT2D eigenvalue weighted by Crippen LogP contribution is 2.38. The first kappa shape index (κ1) is 13.4. The topological polar surface area (TPSA) is 46.3 Å². The molecule has 1 aliphatic rings. The average molecular weight is 288 g/mol. The van der Waals surface area contributed by atoms with Crippen molar-refractivity contribution in [3.8, 4) is 0 Å². The first-order valence-corrected chi connectivity index (χ1v) is 7.83. The van der Waals surface area contributed by atoms with E-state index in [9.17, 15) is 4.79 Å². The van der Waals surface area contributed by atoms with E-state index in [2.05, 4.69) is 26.8 Å². The fraction of sp³-hybridized carbons (Fsp3) is 0.438. The molecule has 3 rings (SSSR count). The Morgan fingerprint density at radius 3 is 2.75 bits per heavy atom. The van der Waals surface area contributed by atoms with Crippen molar-refractivity contribution in [1.29, 1.82) is 0 Å². The van der Waals surface area contributed by atoms with E-state index in [1.54, 1.807) is 0 Å². The summed E-state index contributed by atoms with van der Waals surface area (Å²) in [5, 5.41) is 1.01. The molecule has 2 heterocycles. The number of thiophene rings is 1. The molecule has 0 spiro atoms. The van der Waals surface area contributed by atoms with E-state index in [-0.39, 0.29) is 11.4 Å². The first-order chi connectivity index (χ1) is 9.42. The van der Waals surface area contributed by atoms with Crippen LogP contribution in [0.25, 0.3) is 10.1 Å². The Balaban J connectivity index is 2.09. The van der Waals surface area contributed by atoms with Gasteiger partial charge < -0.3 is 10.6 Å². The smallest absolute Gasteiger partial charge is 0.266 e. The van der Waals surface area contributed by atoms with Crippen molar-refractivity contribution in [1.82, 2.24) is 4.90 Å². The monoisotopic (exact) mass is 288 g/mol. The maximum Gasteiger partial charge on any atom is 0.266 e. The van der Waals surface area contributed by atoms with Gasteiger partial charge in [-0.1, -0.05) is 18.2 Å². The molecule has 1 aromatic carbocycles. The molecule has 1 aromatic heterocycles. The van der Waals surface area contributed by atoms with Gasteiger partial charge in [-0.05, 0) is 39.2 Å². The van der Waals surface area contributed by atoms with E-state index in [1.165, 1.54) is 16.9 Å². The number of aryl methyl sites for hydroxylation is 1. The molecule has 106 valence electrons. The summed E-state index contributed by atoms with van der Waals surface area (Å²) < 4.78 is 1.13. The number of carbonyl (C=O) groups excluding carboxylic acids is 1. The quantitative estimate of drug-likeness (QED) is 0.867. The molecule has 0 saturated carbocycles. The zero-order valence-electron chi connectivity index (χ0n) is 12.2. The predicted molar refractivity (Wildman–Crippen MR) is 85.3 cm³/mol. The molecule has 0 bridgehead atoms. The van der Waals surface area contributed by atoms with E-state index in [0.29, 0.717) is 10.6 Å². The van der Waals surface area contributed by atoms with Gasteiger partial charge in [0, 0.05) is 22.2 Å². The molecule has 20 heavy (non-hydrogen) atoms. The summed E-state index contributed by atoms with van der Waals surface area (Å²) in [4.78, 5) is 15.5. The number of carbonyl (C=O) groups is 1. The van der Waals surface area contributed by atoms with Gasteiger partial charge in [-0.15, -0.1) is 11.3 Å². The summed E-state index contributed by atoms with van der Waals surface area (Å²) in [5.74, 6) is 0.0885. The number of hydrogen-bond donors (Lipinski definition) is 1. The van der Waals surface area contributed by atoms with E-state index in [1.807, 2.05) is 17.0 Å². The number of fused-ring (bicyclic) bond motifs is 1. The van der Waals surface area contributed by atoms with Gasteiger partial charge in [-0.25, -0.2) is 0 Å². The van der Waals surface area contributed by atoms with Crippen LogP contribution in [0.3, 0.4) is 0 Å². The van der Waals surface area contributed by atoms with Crippen molar-refractivity contribution in [3.63, 3.8) is 0 Å². The van der Waals surface area contributed by atoms with Gasteiger partial charge in [-0.2, -0.15) is 0 Å². The summed E-state index contributed by atoms with van der Waals surface area (Å²) in [6, 6.07) is 6.06. The van der Waals surface area contributed by atoms with Gasteiger partial charge in [0.1, 0.15) is 4.88 Å². The molecule has 0 unspecified atom stereocenters. The molecular formula is C16H20N2OS. The van der Waals surface area contributed by atoms with Crippen molar-refractivity contribution in [2.45, 2.75) is 39.2 Å². The molecule has 2 N–H and O–H groups in total. The second kappa shape index (κ2) is 4.48. The summed E-state index contributed by atoms with van der Waals surface area (Å²) >= 11 is 1.53. The number of anilines is 1. The Morgan fingerprint density at radius 1 is 1.40 bits per heavy atom. The summed E-state index contributed by atoms with van der Waals surface area (Å²) in [6.45, 7) is 7.16. The van der Waals surface area contributed by atoms with E-state index in [0.717, 1.165) is 29.5 Å². The van der Waals surface area contributed by atoms with E-state index in [4.69, 9.17) is 5.73 Å². The zero-order valence-corrected chi connectivity index (χ0v) is 13.0. The molecular weight excluding hydrogens is 268 g/mol. The van der Waals surface area contributed by atoms with Crippen molar-refractivity contribution in [3.05, 3.63) is 28.6 Å². The second-order valence-electron chi connectivity index (χ2n) is 6.17. The van der Waals surface area contributed by atoms with Gasteiger partial charge in [0.25, 0.3) is 5.91 Å². The number of nitrogen functional groups attached to an aromatic ring is 1. The minimum Gasteiger partial charge on any atom is -0.397 e. The average Bonchev–Trinajstić information content (AvgIpc) is 2.91. The maximum atomic E-state index is 12.8. The van der Waals surface area contributed by atoms with Crippen LogP contribution in [-0.4, -0.2) is 22.9 Å². The molecule has 1 fully saturated rings. The molecule has 0 radical (unpaired) electrons. The van der Waals surface area contributed by atoms with Crippen molar-refractivity contribution >= 4 is 33.0 Å². The molecule has 2 aromatic rings. The number of benzene rings is 1. The van der Waals surface area contributed by atoms with Crippen LogP contribution < -0.4 is 5.73 Å². The highest BCUT2D eigenvalue weighted by Gasteiger charge is 2.37. The highest BCUT2D eigenvalue weighted by atomic mass is 32.1. The van der Waals surface area contributed by atoms with E-state index < -0.39 is 0 Å². The Kier molecular flexibility index (Phi) is 3.01. The van der Waals surface area contributed by atoms with E-state index >= 15 is 0 Å². The zero-order chi connectivity index (χ0) is 14.5. The molecule has 3 nitrogen and oxygen atoms in total. The third-order valence-corrected chi connectivity index (χ3v) is 5.64. The highest BCUT2D eigenvalue weighted by molar-refractivity contribution is 7.21.